The molecule has 1 N–H and O–H groups in total. The summed E-state index contributed by atoms with van der Waals surface area (Å²) in [5, 5.41) is 14.2. The van der Waals surface area contributed by atoms with E-state index < -0.39 is 5.97 Å². The van der Waals surface area contributed by atoms with E-state index in [1.165, 1.54) is 11.1 Å². The van der Waals surface area contributed by atoms with Gasteiger partial charge in [0.2, 0.25) is 0 Å². The van der Waals surface area contributed by atoms with Gasteiger partial charge in [0.25, 0.3) is 0 Å². The summed E-state index contributed by atoms with van der Waals surface area (Å²) in [4.78, 5) is 13.5. The van der Waals surface area contributed by atoms with Crippen LogP contribution in [0.1, 0.15) is 23.1 Å². The lowest BCUT2D eigenvalue weighted by Crippen LogP contribution is -2.22. The summed E-state index contributed by atoms with van der Waals surface area (Å²) in [6.07, 6.45) is 2.82. The number of carboxylic acid groups (broad SMARTS) is 1. The van der Waals surface area contributed by atoms with Crippen LogP contribution in [0.5, 0.6) is 0 Å². The topological polar surface area (TPSA) is 58.4 Å². The number of likely N-dealkylation sites (tertiary alicyclic amines) is 1. The van der Waals surface area contributed by atoms with E-state index in [2.05, 4.69) is 54.4 Å². The highest BCUT2D eigenvalue weighted by atomic mass is 16.4. The third kappa shape index (κ3) is 4.15. The van der Waals surface area contributed by atoms with Gasteiger partial charge in [0, 0.05) is 30.4 Å². The molecule has 0 aliphatic carbocycles. The molecule has 0 amide bonds. The van der Waals surface area contributed by atoms with Crippen molar-refractivity contribution in [2.75, 3.05) is 13.1 Å². The quantitative estimate of drug-likeness (QED) is 0.712. The second kappa shape index (κ2) is 7.98. The lowest BCUT2D eigenvalue weighted by atomic mass is 10.1. The Balaban J connectivity index is 1.61. The molecule has 0 saturated carbocycles. The Bertz CT molecular complexity index is 948. The molecule has 144 valence electrons. The van der Waals surface area contributed by atoms with Crippen molar-refractivity contribution in [3.05, 3.63) is 77.5 Å². The van der Waals surface area contributed by atoms with E-state index in [0.29, 0.717) is 13.0 Å². The predicted molar refractivity (Wildman–Crippen MR) is 109 cm³/mol. The fourth-order valence-electron chi connectivity index (χ4n) is 3.80. The molecule has 0 bridgehead atoms. The van der Waals surface area contributed by atoms with Crippen molar-refractivity contribution in [3.8, 4) is 11.3 Å². The molecule has 1 saturated heterocycles. The van der Waals surface area contributed by atoms with Crippen molar-refractivity contribution in [1.29, 1.82) is 0 Å². The third-order valence-corrected chi connectivity index (χ3v) is 5.37. The lowest BCUT2D eigenvalue weighted by Gasteiger charge is -2.15. The number of carbonyl (C=O) groups is 1. The van der Waals surface area contributed by atoms with Gasteiger partial charge in [0.05, 0.1) is 18.2 Å². The highest BCUT2D eigenvalue weighted by Gasteiger charge is 2.28. The Hall–Kier alpha value is -2.92. The molecule has 1 atom stereocenters. The van der Waals surface area contributed by atoms with E-state index in [9.17, 15) is 9.90 Å². The van der Waals surface area contributed by atoms with Crippen LogP contribution in [-0.4, -0.2) is 38.8 Å². The summed E-state index contributed by atoms with van der Waals surface area (Å²) in [5.41, 5.74) is 5.65. The summed E-state index contributed by atoms with van der Waals surface area (Å²) >= 11 is 0. The molecular weight excluding hydrogens is 350 g/mol. The highest BCUT2D eigenvalue weighted by molar-refractivity contribution is 5.70. The van der Waals surface area contributed by atoms with E-state index in [1.807, 2.05) is 22.9 Å². The molecule has 1 unspecified atom stereocenters. The highest BCUT2D eigenvalue weighted by Crippen LogP contribution is 2.26. The van der Waals surface area contributed by atoms with E-state index in [-0.39, 0.29) is 5.92 Å². The predicted octanol–water partition coefficient (Wildman–Crippen LogP) is 3.81. The largest absolute Gasteiger partial charge is 0.481 e. The zero-order valence-corrected chi connectivity index (χ0v) is 16.1. The molecule has 2 heterocycles. The van der Waals surface area contributed by atoms with Crippen LogP contribution in [0.2, 0.25) is 0 Å². The maximum absolute atomic E-state index is 11.3. The summed E-state index contributed by atoms with van der Waals surface area (Å²) < 4.78 is 1.99. The second-order valence-corrected chi connectivity index (χ2v) is 7.61. The van der Waals surface area contributed by atoms with E-state index in [1.54, 1.807) is 0 Å². The number of rotatable bonds is 6. The average Bonchev–Trinajstić information content (AvgIpc) is 3.31. The van der Waals surface area contributed by atoms with Crippen LogP contribution in [0.15, 0.2) is 60.8 Å². The van der Waals surface area contributed by atoms with Gasteiger partial charge in [-0.05, 0) is 25.5 Å². The number of hydrogen-bond donors (Lipinski definition) is 1. The number of aliphatic carboxylic acids is 1. The van der Waals surface area contributed by atoms with E-state index in [4.69, 9.17) is 5.10 Å². The van der Waals surface area contributed by atoms with Gasteiger partial charge in [0.1, 0.15) is 0 Å². The monoisotopic (exact) mass is 375 g/mol. The molecule has 0 spiro atoms. The van der Waals surface area contributed by atoms with Gasteiger partial charge in [-0.2, -0.15) is 5.10 Å². The smallest absolute Gasteiger partial charge is 0.307 e. The van der Waals surface area contributed by atoms with Gasteiger partial charge in [-0.3, -0.25) is 14.4 Å². The number of aryl methyl sites for hydroxylation is 1. The number of carboxylic acids is 1. The maximum Gasteiger partial charge on any atom is 0.307 e. The summed E-state index contributed by atoms with van der Waals surface area (Å²) in [7, 11) is 0. The van der Waals surface area contributed by atoms with Gasteiger partial charge in [-0.15, -0.1) is 0 Å². The van der Waals surface area contributed by atoms with Crippen molar-refractivity contribution in [2.45, 2.75) is 26.4 Å². The maximum atomic E-state index is 11.3. The first kappa shape index (κ1) is 18.4. The first-order valence-electron chi connectivity index (χ1n) is 9.71. The Morgan fingerprint density at radius 3 is 2.54 bits per heavy atom. The SMILES string of the molecule is Cc1ccc(-c2nn(Cc3ccccc3)cc2CN2CCC(C(=O)O)C2)cc1. The standard InChI is InChI=1S/C23H25N3O2/c1-17-7-9-19(10-8-17)22-21(15-25-12-11-20(14-25)23(27)28)16-26(24-22)13-18-5-3-2-4-6-18/h2-10,16,20H,11-15H2,1H3,(H,27,28). The first-order chi connectivity index (χ1) is 13.6. The van der Waals surface area contributed by atoms with Crippen molar-refractivity contribution in [3.63, 3.8) is 0 Å². The fraction of sp³-hybridized carbons (Fsp3) is 0.304. The molecule has 1 aliphatic heterocycles. The van der Waals surface area contributed by atoms with E-state index in [0.717, 1.165) is 36.5 Å². The van der Waals surface area contributed by atoms with Crippen LogP contribution in [0.4, 0.5) is 0 Å². The molecule has 3 aromatic rings. The number of aromatic nitrogens is 2. The minimum Gasteiger partial charge on any atom is -0.481 e. The van der Waals surface area contributed by atoms with Crippen LogP contribution >= 0.6 is 0 Å². The van der Waals surface area contributed by atoms with Gasteiger partial charge >= 0.3 is 5.97 Å². The summed E-state index contributed by atoms with van der Waals surface area (Å²) in [6.45, 7) is 4.94. The van der Waals surface area contributed by atoms with Crippen LogP contribution in [0.3, 0.4) is 0 Å². The molecule has 2 aromatic carbocycles. The molecule has 4 rings (SSSR count). The second-order valence-electron chi connectivity index (χ2n) is 7.61. The van der Waals surface area contributed by atoms with Crippen LogP contribution in [-0.2, 0) is 17.9 Å². The number of benzene rings is 2. The molecule has 5 nitrogen and oxygen atoms in total. The van der Waals surface area contributed by atoms with Crippen LogP contribution in [0.25, 0.3) is 11.3 Å². The molecule has 1 aromatic heterocycles. The Morgan fingerprint density at radius 2 is 1.86 bits per heavy atom. The third-order valence-electron chi connectivity index (χ3n) is 5.37. The number of nitrogens with zero attached hydrogens (tertiary/aromatic N) is 3. The van der Waals surface area contributed by atoms with Gasteiger partial charge in [-0.25, -0.2) is 0 Å². The minimum absolute atomic E-state index is 0.262. The van der Waals surface area contributed by atoms with Gasteiger partial charge < -0.3 is 5.11 Å². The summed E-state index contributed by atoms with van der Waals surface area (Å²) in [5.74, 6) is -0.955. The minimum atomic E-state index is -0.693. The lowest BCUT2D eigenvalue weighted by molar-refractivity contribution is -0.141. The molecule has 28 heavy (non-hydrogen) atoms. The molecule has 1 aliphatic rings. The molecule has 5 heteroatoms. The van der Waals surface area contributed by atoms with Crippen molar-refractivity contribution in [1.82, 2.24) is 14.7 Å². The van der Waals surface area contributed by atoms with Gasteiger partial charge in [-0.1, -0.05) is 60.2 Å². The first-order valence-corrected chi connectivity index (χ1v) is 9.71. The van der Waals surface area contributed by atoms with Crippen molar-refractivity contribution < 1.29 is 9.90 Å². The Labute approximate surface area is 165 Å². The Kier molecular flexibility index (Phi) is 5.26. The van der Waals surface area contributed by atoms with Crippen molar-refractivity contribution in [2.24, 2.45) is 5.92 Å². The van der Waals surface area contributed by atoms with Crippen LogP contribution < -0.4 is 0 Å². The average molecular weight is 375 g/mol. The van der Waals surface area contributed by atoms with Gasteiger partial charge in [0.15, 0.2) is 0 Å². The molecule has 0 radical (unpaired) electrons. The normalized spacial score (nSPS) is 17.1. The fourth-order valence-corrected chi connectivity index (χ4v) is 3.80. The molecule has 1 fully saturated rings. The molecular formula is C23H25N3O2. The summed E-state index contributed by atoms with van der Waals surface area (Å²) in [6, 6.07) is 18.7. The Morgan fingerprint density at radius 1 is 1.11 bits per heavy atom. The zero-order chi connectivity index (χ0) is 19.5. The van der Waals surface area contributed by atoms with E-state index >= 15 is 0 Å². The zero-order valence-electron chi connectivity index (χ0n) is 16.1. The van der Waals surface area contributed by atoms with Crippen LogP contribution in [0, 0.1) is 12.8 Å². The van der Waals surface area contributed by atoms with Crippen molar-refractivity contribution >= 4 is 5.97 Å². The number of hydrogen-bond acceptors (Lipinski definition) is 3.